The predicted molar refractivity (Wildman–Crippen MR) is 67.9 cm³/mol. The highest BCUT2D eigenvalue weighted by molar-refractivity contribution is 5.85. The van der Waals surface area contributed by atoms with Gasteiger partial charge in [-0.05, 0) is 19.2 Å². The Labute approximate surface area is 101 Å². The second-order valence-electron chi connectivity index (χ2n) is 3.70. The Hall–Kier alpha value is -2.10. The lowest BCUT2D eigenvalue weighted by molar-refractivity contribution is -0.134. The smallest absolute Gasteiger partial charge is 0.353 e. The molecule has 17 heavy (non-hydrogen) atoms. The number of carbonyl (C=O) groups is 1. The van der Waals surface area contributed by atoms with E-state index in [4.69, 9.17) is 5.11 Å². The minimum absolute atomic E-state index is 0.0414. The molecule has 0 heterocycles. The first kappa shape index (κ1) is 13.0. The lowest BCUT2D eigenvalue weighted by Gasteiger charge is -2.27. The summed E-state index contributed by atoms with van der Waals surface area (Å²) in [4.78, 5) is 16.2. The number of hydrogen-bond acceptors (Lipinski definition) is 3. The molecule has 0 aliphatic rings. The highest BCUT2D eigenvalue weighted by Crippen LogP contribution is 2.22. The lowest BCUT2D eigenvalue weighted by atomic mass is 10.1. The highest BCUT2D eigenvalue weighted by atomic mass is 16.4. The van der Waals surface area contributed by atoms with E-state index >= 15 is 0 Å². The van der Waals surface area contributed by atoms with Crippen LogP contribution in [0.25, 0.3) is 0 Å². The quantitative estimate of drug-likeness (QED) is 0.626. The van der Waals surface area contributed by atoms with Gasteiger partial charge in [0.05, 0.1) is 12.2 Å². The summed E-state index contributed by atoms with van der Waals surface area (Å²) in [6.45, 7) is 5.22. The summed E-state index contributed by atoms with van der Waals surface area (Å²) in [5, 5.41) is 9.07. The van der Waals surface area contributed by atoms with E-state index in [0.717, 1.165) is 5.56 Å². The lowest BCUT2D eigenvalue weighted by Crippen LogP contribution is -2.26. The van der Waals surface area contributed by atoms with Crippen molar-refractivity contribution in [3.63, 3.8) is 0 Å². The van der Waals surface area contributed by atoms with E-state index in [0.29, 0.717) is 0 Å². The molecule has 1 aromatic rings. The molecule has 1 atom stereocenters. The number of carboxylic acids is 1. The molecule has 0 spiro atoms. The molecule has 0 aromatic heterocycles. The Morgan fingerprint density at radius 1 is 1.47 bits per heavy atom. The standard InChI is InChI=1S/C13H16N2O2/c1-10(11-7-5-4-6-8-11)15(3)12(9-14-2)13(16)17/h4-10H,2H2,1,3H3,(H,16,17)/b12-9-/t10-/m1/s1. The van der Waals surface area contributed by atoms with Gasteiger partial charge in [0.2, 0.25) is 0 Å². The van der Waals surface area contributed by atoms with Gasteiger partial charge in [-0.3, -0.25) is 4.99 Å². The van der Waals surface area contributed by atoms with Crippen LogP contribution in [0.1, 0.15) is 18.5 Å². The van der Waals surface area contributed by atoms with Crippen LogP contribution in [0.2, 0.25) is 0 Å². The minimum atomic E-state index is -1.01. The molecule has 4 heteroatoms. The number of benzene rings is 1. The SMILES string of the molecule is C=N/C=C(/C(=O)O)N(C)[C@H](C)c1ccccc1. The topological polar surface area (TPSA) is 52.9 Å². The summed E-state index contributed by atoms with van der Waals surface area (Å²) in [6.07, 6.45) is 1.25. The van der Waals surface area contributed by atoms with Gasteiger partial charge in [0.25, 0.3) is 0 Å². The van der Waals surface area contributed by atoms with Crippen molar-refractivity contribution in [1.82, 2.24) is 4.90 Å². The third-order valence-electron chi connectivity index (χ3n) is 2.68. The fraction of sp³-hybridized carbons (Fsp3) is 0.231. The van der Waals surface area contributed by atoms with E-state index in [-0.39, 0.29) is 11.7 Å². The molecule has 0 fully saturated rings. The Morgan fingerprint density at radius 3 is 2.53 bits per heavy atom. The number of aliphatic imine (C=N–C) groups is 1. The summed E-state index contributed by atoms with van der Waals surface area (Å²) >= 11 is 0. The summed E-state index contributed by atoms with van der Waals surface area (Å²) in [7, 11) is 1.72. The summed E-state index contributed by atoms with van der Waals surface area (Å²) in [5.74, 6) is -1.01. The Balaban J connectivity index is 2.96. The Morgan fingerprint density at radius 2 is 2.06 bits per heavy atom. The molecule has 4 nitrogen and oxygen atoms in total. The van der Waals surface area contributed by atoms with Gasteiger partial charge in [0.15, 0.2) is 0 Å². The van der Waals surface area contributed by atoms with Crippen molar-refractivity contribution in [2.75, 3.05) is 7.05 Å². The van der Waals surface area contributed by atoms with Crippen LogP contribution in [0.5, 0.6) is 0 Å². The number of hydrogen-bond donors (Lipinski definition) is 1. The van der Waals surface area contributed by atoms with E-state index in [1.807, 2.05) is 37.3 Å². The zero-order valence-corrected chi connectivity index (χ0v) is 10.00. The molecule has 1 aromatic carbocycles. The van der Waals surface area contributed by atoms with E-state index in [2.05, 4.69) is 11.7 Å². The maximum Gasteiger partial charge on any atom is 0.353 e. The zero-order chi connectivity index (χ0) is 12.8. The first-order chi connectivity index (χ1) is 8.07. The van der Waals surface area contributed by atoms with Crippen LogP contribution in [0.4, 0.5) is 0 Å². The van der Waals surface area contributed by atoms with Gasteiger partial charge in [-0.2, -0.15) is 0 Å². The number of nitrogens with zero attached hydrogens (tertiary/aromatic N) is 2. The largest absolute Gasteiger partial charge is 0.477 e. The first-order valence-corrected chi connectivity index (χ1v) is 5.25. The number of likely N-dealkylation sites (N-methyl/N-ethyl adjacent to an activating group) is 1. The van der Waals surface area contributed by atoms with Crippen LogP contribution in [-0.2, 0) is 4.79 Å². The Kier molecular flexibility index (Phi) is 4.46. The molecule has 0 radical (unpaired) electrons. The maximum atomic E-state index is 11.1. The van der Waals surface area contributed by atoms with E-state index < -0.39 is 5.97 Å². The molecule has 0 amide bonds. The van der Waals surface area contributed by atoms with Crippen molar-refractivity contribution in [2.45, 2.75) is 13.0 Å². The van der Waals surface area contributed by atoms with Crippen LogP contribution >= 0.6 is 0 Å². The van der Waals surface area contributed by atoms with Gasteiger partial charge in [0, 0.05) is 7.05 Å². The van der Waals surface area contributed by atoms with Crippen LogP contribution in [-0.4, -0.2) is 29.7 Å². The molecule has 0 aliphatic heterocycles. The van der Waals surface area contributed by atoms with Crippen molar-refractivity contribution in [2.24, 2.45) is 4.99 Å². The zero-order valence-electron chi connectivity index (χ0n) is 10.00. The monoisotopic (exact) mass is 232 g/mol. The van der Waals surface area contributed by atoms with Crippen molar-refractivity contribution < 1.29 is 9.90 Å². The molecule has 0 unspecified atom stereocenters. The third kappa shape index (κ3) is 3.17. The molecule has 90 valence electrons. The average molecular weight is 232 g/mol. The number of aliphatic carboxylic acids is 1. The van der Waals surface area contributed by atoms with Crippen LogP contribution in [0.3, 0.4) is 0 Å². The van der Waals surface area contributed by atoms with Crippen molar-refractivity contribution in [1.29, 1.82) is 0 Å². The molecular weight excluding hydrogens is 216 g/mol. The van der Waals surface area contributed by atoms with E-state index in [1.165, 1.54) is 6.20 Å². The van der Waals surface area contributed by atoms with Crippen molar-refractivity contribution >= 4 is 12.7 Å². The molecule has 1 N–H and O–H groups in total. The normalized spacial score (nSPS) is 12.9. The predicted octanol–water partition coefficient (Wildman–Crippen LogP) is 2.31. The van der Waals surface area contributed by atoms with Gasteiger partial charge in [-0.1, -0.05) is 30.3 Å². The second kappa shape index (κ2) is 5.84. The van der Waals surface area contributed by atoms with E-state index in [9.17, 15) is 4.79 Å². The van der Waals surface area contributed by atoms with Crippen LogP contribution in [0.15, 0.2) is 47.2 Å². The van der Waals surface area contributed by atoms with Crippen LogP contribution < -0.4 is 0 Å². The van der Waals surface area contributed by atoms with E-state index in [1.54, 1.807) is 11.9 Å². The molecule has 0 bridgehead atoms. The van der Waals surface area contributed by atoms with Gasteiger partial charge in [-0.25, -0.2) is 4.79 Å². The highest BCUT2D eigenvalue weighted by Gasteiger charge is 2.19. The van der Waals surface area contributed by atoms with Gasteiger partial charge in [-0.15, -0.1) is 0 Å². The Bertz CT molecular complexity index is 426. The first-order valence-electron chi connectivity index (χ1n) is 5.25. The van der Waals surface area contributed by atoms with Gasteiger partial charge < -0.3 is 10.0 Å². The maximum absolute atomic E-state index is 11.1. The fourth-order valence-corrected chi connectivity index (χ4v) is 1.55. The average Bonchev–Trinajstić information content (AvgIpc) is 2.35. The summed E-state index contributed by atoms with van der Waals surface area (Å²) in [5.41, 5.74) is 1.17. The number of carboxylic acid groups (broad SMARTS) is 1. The third-order valence-corrected chi connectivity index (χ3v) is 2.68. The van der Waals surface area contributed by atoms with Gasteiger partial charge in [0.1, 0.15) is 5.70 Å². The molecule has 0 aliphatic carbocycles. The molecule has 0 saturated carbocycles. The number of rotatable bonds is 5. The van der Waals surface area contributed by atoms with Crippen molar-refractivity contribution in [3.8, 4) is 0 Å². The minimum Gasteiger partial charge on any atom is -0.477 e. The van der Waals surface area contributed by atoms with Gasteiger partial charge >= 0.3 is 5.97 Å². The molecule has 0 saturated heterocycles. The fourth-order valence-electron chi connectivity index (χ4n) is 1.55. The second-order valence-corrected chi connectivity index (χ2v) is 3.70. The molecule has 1 rings (SSSR count). The summed E-state index contributed by atoms with van der Waals surface area (Å²) < 4.78 is 0. The van der Waals surface area contributed by atoms with Crippen LogP contribution in [0, 0.1) is 0 Å². The van der Waals surface area contributed by atoms with Crippen molar-refractivity contribution in [3.05, 3.63) is 47.8 Å². The molecular formula is C13H16N2O2. The summed E-state index contributed by atoms with van der Waals surface area (Å²) in [6, 6.07) is 9.66.